The molecule has 6 nitrogen and oxygen atoms in total. The second-order valence-corrected chi connectivity index (χ2v) is 6.91. The maximum Gasteiger partial charge on any atom is 0.289 e. The van der Waals surface area contributed by atoms with Gasteiger partial charge in [-0.3, -0.25) is 4.79 Å². The van der Waals surface area contributed by atoms with Gasteiger partial charge in [-0.1, -0.05) is 26.0 Å². The Hall–Kier alpha value is -2.31. The highest BCUT2D eigenvalue weighted by atomic mass is 16.5. The van der Waals surface area contributed by atoms with E-state index in [2.05, 4.69) is 19.9 Å². The third kappa shape index (κ3) is 4.08. The summed E-state index contributed by atoms with van der Waals surface area (Å²) in [5, 5.41) is 19.5. The molecule has 1 aliphatic rings. The van der Waals surface area contributed by atoms with Crippen molar-refractivity contribution in [3.63, 3.8) is 0 Å². The maximum atomic E-state index is 12.5. The maximum absolute atomic E-state index is 12.5. The highest BCUT2D eigenvalue weighted by molar-refractivity contribution is 5.91. The summed E-state index contributed by atoms with van der Waals surface area (Å²) in [6.07, 6.45) is -0.597. The van der Waals surface area contributed by atoms with Crippen molar-refractivity contribution in [2.75, 3.05) is 13.1 Å². The van der Waals surface area contributed by atoms with Gasteiger partial charge in [-0.15, -0.1) is 0 Å². The standard InChI is InChI=1S/C20H25NO5/c1-13(2)14-4-3-5-15(10-14)25-18-8-9-21(11-17(18)23)20(24)19-7-6-16(12-22)26-19/h3-7,10,13,17-18,22-23H,8-9,11-12H2,1-2H3/t17-,18-/m1/s1. The van der Waals surface area contributed by atoms with Crippen LogP contribution in [0.4, 0.5) is 0 Å². The topological polar surface area (TPSA) is 83.1 Å². The molecular formula is C20H25NO5. The van der Waals surface area contributed by atoms with E-state index in [4.69, 9.17) is 14.3 Å². The number of amides is 1. The van der Waals surface area contributed by atoms with E-state index in [0.29, 0.717) is 24.6 Å². The fourth-order valence-corrected chi connectivity index (χ4v) is 3.09. The van der Waals surface area contributed by atoms with E-state index >= 15 is 0 Å². The van der Waals surface area contributed by atoms with Gasteiger partial charge >= 0.3 is 0 Å². The Bertz CT molecular complexity index is 754. The van der Waals surface area contributed by atoms with Crippen molar-refractivity contribution in [1.29, 1.82) is 0 Å². The number of piperidine rings is 1. The zero-order valence-corrected chi connectivity index (χ0v) is 15.1. The summed E-state index contributed by atoms with van der Waals surface area (Å²) >= 11 is 0. The van der Waals surface area contributed by atoms with Gasteiger partial charge in [0.05, 0.1) is 6.54 Å². The molecule has 1 aromatic heterocycles. The summed E-state index contributed by atoms with van der Waals surface area (Å²) in [4.78, 5) is 14.0. The first kappa shape index (κ1) is 18.5. The molecular weight excluding hydrogens is 334 g/mol. The van der Waals surface area contributed by atoms with Crippen LogP contribution < -0.4 is 4.74 Å². The summed E-state index contributed by atoms with van der Waals surface area (Å²) < 4.78 is 11.3. The summed E-state index contributed by atoms with van der Waals surface area (Å²) in [6.45, 7) is 4.65. The minimum atomic E-state index is -0.775. The number of carbonyl (C=O) groups is 1. The molecule has 0 bridgehead atoms. The van der Waals surface area contributed by atoms with Crippen LogP contribution in [-0.2, 0) is 6.61 Å². The van der Waals surface area contributed by atoms with Gasteiger partial charge in [0, 0.05) is 13.0 Å². The molecule has 2 atom stereocenters. The Balaban J connectivity index is 1.61. The number of aliphatic hydroxyl groups excluding tert-OH is 2. The zero-order valence-electron chi connectivity index (χ0n) is 15.1. The average Bonchev–Trinajstić information content (AvgIpc) is 3.12. The number of hydrogen-bond donors (Lipinski definition) is 2. The van der Waals surface area contributed by atoms with Crippen molar-refractivity contribution >= 4 is 5.91 Å². The fraction of sp³-hybridized carbons (Fsp3) is 0.450. The summed E-state index contributed by atoms with van der Waals surface area (Å²) in [6, 6.07) is 11.0. The largest absolute Gasteiger partial charge is 0.488 e. The third-order valence-corrected chi connectivity index (χ3v) is 4.65. The van der Waals surface area contributed by atoms with E-state index in [1.807, 2.05) is 18.2 Å². The van der Waals surface area contributed by atoms with Crippen LogP contribution >= 0.6 is 0 Å². The van der Waals surface area contributed by atoms with Gasteiger partial charge in [0.2, 0.25) is 0 Å². The third-order valence-electron chi connectivity index (χ3n) is 4.65. The number of β-amino-alcohol motifs (C(OH)–C–C–N with tert-alkyl or cyclic N) is 1. The average molecular weight is 359 g/mol. The molecule has 1 aromatic carbocycles. The lowest BCUT2D eigenvalue weighted by molar-refractivity contribution is -0.0207. The first-order valence-corrected chi connectivity index (χ1v) is 8.91. The first-order valence-electron chi connectivity index (χ1n) is 8.91. The molecule has 0 spiro atoms. The highest BCUT2D eigenvalue weighted by Gasteiger charge is 2.33. The van der Waals surface area contributed by atoms with Crippen LogP contribution in [0, 0.1) is 0 Å². The molecule has 0 radical (unpaired) electrons. The van der Waals surface area contributed by atoms with Crippen molar-refractivity contribution in [1.82, 2.24) is 4.90 Å². The van der Waals surface area contributed by atoms with Gasteiger partial charge in [0.1, 0.15) is 30.3 Å². The van der Waals surface area contributed by atoms with E-state index in [-0.39, 0.29) is 30.9 Å². The Kier molecular flexibility index (Phi) is 5.64. The molecule has 2 N–H and O–H groups in total. The van der Waals surface area contributed by atoms with E-state index in [1.165, 1.54) is 5.56 Å². The number of hydrogen-bond acceptors (Lipinski definition) is 5. The van der Waals surface area contributed by atoms with Crippen LogP contribution in [0.3, 0.4) is 0 Å². The summed E-state index contributed by atoms with van der Waals surface area (Å²) in [7, 11) is 0. The number of rotatable bonds is 5. The van der Waals surface area contributed by atoms with Crippen molar-refractivity contribution in [2.24, 2.45) is 0 Å². The molecule has 26 heavy (non-hydrogen) atoms. The van der Waals surface area contributed by atoms with Crippen LogP contribution in [0.2, 0.25) is 0 Å². The van der Waals surface area contributed by atoms with E-state index in [1.54, 1.807) is 17.0 Å². The number of aliphatic hydroxyl groups is 2. The Morgan fingerprint density at radius 1 is 1.35 bits per heavy atom. The second-order valence-electron chi connectivity index (χ2n) is 6.91. The number of benzene rings is 1. The Morgan fingerprint density at radius 3 is 2.81 bits per heavy atom. The van der Waals surface area contributed by atoms with Crippen molar-refractivity contribution in [2.45, 2.75) is 45.0 Å². The summed E-state index contributed by atoms with van der Waals surface area (Å²) in [5.41, 5.74) is 1.18. The number of furan rings is 1. The Labute approximate surface area is 153 Å². The summed E-state index contributed by atoms with van der Waals surface area (Å²) in [5.74, 6) is 1.37. The van der Waals surface area contributed by atoms with Gasteiger partial charge in [0.25, 0.3) is 5.91 Å². The van der Waals surface area contributed by atoms with Gasteiger partial charge in [-0.05, 0) is 35.7 Å². The van der Waals surface area contributed by atoms with Gasteiger partial charge < -0.3 is 24.3 Å². The molecule has 1 fully saturated rings. The highest BCUT2D eigenvalue weighted by Crippen LogP contribution is 2.24. The predicted octanol–water partition coefficient (Wildman–Crippen LogP) is 2.55. The normalized spacial score (nSPS) is 20.4. The zero-order chi connectivity index (χ0) is 18.7. The lowest BCUT2D eigenvalue weighted by atomic mass is 10.0. The molecule has 140 valence electrons. The van der Waals surface area contributed by atoms with Crippen molar-refractivity contribution in [3.05, 3.63) is 53.5 Å². The number of ether oxygens (including phenoxy) is 1. The minimum absolute atomic E-state index is 0.172. The molecule has 0 saturated carbocycles. The quantitative estimate of drug-likeness (QED) is 0.857. The van der Waals surface area contributed by atoms with Crippen molar-refractivity contribution < 1.29 is 24.2 Å². The van der Waals surface area contributed by atoms with Crippen LogP contribution in [0.15, 0.2) is 40.8 Å². The predicted molar refractivity (Wildman–Crippen MR) is 96.1 cm³/mol. The molecule has 0 unspecified atom stereocenters. The monoisotopic (exact) mass is 359 g/mol. The minimum Gasteiger partial charge on any atom is -0.488 e. The first-order chi connectivity index (χ1) is 12.5. The molecule has 3 rings (SSSR count). The van der Waals surface area contributed by atoms with E-state index in [0.717, 1.165) is 5.75 Å². The van der Waals surface area contributed by atoms with E-state index < -0.39 is 6.10 Å². The van der Waals surface area contributed by atoms with Crippen LogP contribution in [-0.4, -0.2) is 46.3 Å². The lowest BCUT2D eigenvalue weighted by Crippen LogP contribution is -2.50. The smallest absolute Gasteiger partial charge is 0.289 e. The SMILES string of the molecule is CC(C)c1cccc(O[C@@H]2CCN(C(=O)c3ccc(CO)o3)C[C@H]2O)c1. The molecule has 1 aliphatic heterocycles. The molecule has 2 heterocycles. The fourth-order valence-electron chi connectivity index (χ4n) is 3.09. The molecule has 0 aliphatic carbocycles. The van der Waals surface area contributed by atoms with Crippen LogP contribution in [0.25, 0.3) is 0 Å². The second kappa shape index (κ2) is 7.93. The molecule has 1 amide bonds. The van der Waals surface area contributed by atoms with Gasteiger partial charge in [-0.25, -0.2) is 0 Å². The van der Waals surface area contributed by atoms with E-state index in [9.17, 15) is 9.90 Å². The number of nitrogens with zero attached hydrogens (tertiary/aromatic N) is 1. The lowest BCUT2D eigenvalue weighted by Gasteiger charge is -2.35. The van der Waals surface area contributed by atoms with Crippen LogP contribution in [0.5, 0.6) is 5.75 Å². The van der Waals surface area contributed by atoms with Crippen molar-refractivity contribution in [3.8, 4) is 5.75 Å². The molecule has 6 heteroatoms. The molecule has 2 aromatic rings. The van der Waals surface area contributed by atoms with Gasteiger partial charge in [0.15, 0.2) is 5.76 Å². The number of likely N-dealkylation sites (tertiary alicyclic amines) is 1. The van der Waals surface area contributed by atoms with Crippen LogP contribution in [0.1, 0.15) is 48.1 Å². The Morgan fingerprint density at radius 2 is 2.15 bits per heavy atom. The number of carbonyl (C=O) groups excluding carboxylic acids is 1. The van der Waals surface area contributed by atoms with Gasteiger partial charge in [-0.2, -0.15) is 0 Å². The molecule has 1 saturated heterocycles.